The SMILES string of the molecule is Cc1nnc(SC(C)C(=O)Nc2ncccc2C)s1. The maximum atomic E-state index is 12.1. The normalized spacial score (nSPS) is 12.2. The van der Waals surface area contributed by atoms with Gasteiger partial charge in [-0.2, -0.15) is 0 Å². The number of amides is 1. The van der Waals surface area contributed by atoms with Crippen LogP contribution in [-0.4, -0.2) is 26.3 Å². The molecular formula is C12H14N4OS2. The summed E-state index contributed by atoms with van der Waals surface area (Å²) < 4.78 is 0.804. The fraction of sp³-hybridized carbons (Fsp3) is 0.333. The van der Waals surface area contributed by atoms with E-state index in [2.05, 4.69) is 20.5 Å². The van der Waals surface area contributed by atoms with Gasteiger partial charge in [0, 0.05) is 6.20 Å². The topological polar surface area (TPSA) is 67.8 Å². The van der Waals surface area contributed by atoms with Gasteiger partial charge in [0.15, 0.2) is 4.34 Å². The molecule has 0 aliphatic heterocycles. The number of carbonyl (C=O) groups is 1. The minimum atomic E-state index is -0.242. The summed E-state index contributed by atoms with van der Waals surface area (Å²) in [4.78, 5) is 16.2. The quantitative estimate of drug-likeness (QED) is 0.878. The second-order valence-corrected chi connectivity index (χ2v) is 6.77. The Bertz CT molecular complexity index is 585. The van der Waals surface area contributed by atoms with Crippen LogP contribution in [0.15, 0.2) is 22.7 Å². The smallest absolute Gasteiger partial charge is 0.238 e. The molecule has 2 rings (SSSR count). The molecule has 5 nitrogen and oxygen atoms in total. The molecule has 7 heteroatoms. The molecule has 0 fully saturated rings. The van der Waals surface area contributed by atoms with Gasteiger partial charge in [-0.15, -0.1) is 10.2 Å². The van der Waals surface area contributed by atoms with Gasteiger partial charge in [0.1, 0.15) is 10.8 Å². The number of thioether (sulfide) groups is 1. The van der Waals surface area contributed by atoms with E-state index < -0.39 is 0 Å². The van der Waals surface area contributed by atoms with Crippen LogP contribution in [0.4, 0.5) is 5.82 Å². The predicted octanol–water partition coefficient (Wildman–Crippen LogP) is 2.67. The zero-order valence-electron chi connectivity index (χ0n) is 10.9. The lowest BCUT2D eigenvalue weighted by molar-refractivity contribution is -0.115. The van der Waals surface area contributed by atoms with Crippen molar-refractivity contribution >= 4 is 34.8 Å². The number of carbonyl (C=O) groups excluding carboxylic acids is 1. The van der Waals surface area contributed by atoms with Crippen molar-refractivity contribution in [1.29, 1.82) is 0 Å². The van der Waals surface area contributed by atoms with Crippen LogP contribution in [0.5, 0.6) is 0 Å². The minimum absolute atomic E-state index is 0.0837. The van der Waals surface area contributed by atoms with Crippen LogP contribution in [0.1, 0.15) is 17.5 Å². The van der Waals surface area contributed by atoms with Crippen molar-refractivity contribution < 1.29 is 4.79 Å². The highest BCUT2D eigenvalue weighted by molar-refractivity contribution is 8.02. The highest BCUT2D eigenvalue weighted by Crippen LogP contribution is 2.26. The van der Waals surface area contributed by atoms with E-state index in [1.54, 1.807) is 6.20 Å². The summed E-state index contributed by atoms with van der Waals surface area (Å²) in [5, 5.41) is 11.4. The number of nitrogens with zero attached hydrogens (tertiary/aromatic N) is 3. The summed E-state index contributed by atoms with van der Waals surface area (Å²) >= 11 is 2.89. The first-order chi connectivity index (χ1) is 9.06. The monoisotopic (exact) mass is 294 g/mol. The second-order valence-electron chi connectivity index (χ2n) is 4.01. The molecule has 1 N–H and O–H groups in total. The summed E-state index contributed by atoms with van der Waals surface area (Å²) in [6.45, 7) is 5.65. The average Bonchev–Trinajstić information content (AvgIpc) is 2.77. The molecule has 0 aliphatic carbocycles. The van der Waals surface area contributed by atoms with E-state index in [0.29, 0.717) is 5.82 Å². The van der Waals surface area contributed by atoms with E-state index in [1.165, 1.54) is 23.1 Å². The van der Waals surface area contributed by atoms with Crippen molar-refractivity contribution in [2.24, 2.45) is 0 Å². The number of aryl methyl sites for hydroxylation is 2. The summed E-state index contributed by atoms with van der Waals surface area (Å²) in [7, 11) is 0. The van der Waals surface area contributed by atoms with Crippen molar-refractivity contribution in [2.45, 2.75) is 30.4 Å². The first-order valence-electron chi connectivity index (χ1n) is 5.75. The third-order valence-electron chi connectivity index (χ3n) is 2.41. The highest BCUT2D eigenvalue weighted by Gasteiger charge is 2.17. The number of pyridine rings is 1. The number of nitrogens with one attached hydrogen (secondary N) is 1. The van der Waals surface area contributed by atoms with Crippen molar-refractivity contribution in [3.8, 4) is 0 Å². The van der Waals surface area contributed by atoms with Gasteiger partial charge in [-0.05, 0) is 32.4 Å². The number of hydrogen-bond acceptors (Lipinski definition) is 6. The molecule has 0 saturated carbocycles. The summed E-state index contributed by atoms with van der Waals surface area (Å²) in [6, 6.07) is 3.75. The summed E-state index contributed by atoms with van der Waals surface area (Å²) in [5.41, 5.74) is 0.944. The lowest BCUT2D eigenvalue weighted by atomic mass is 10.3. The van der Waals surface area contributed by atoms with Gasteiger partial charge in [0.05, 0.1) is 5.25 Å². The Morgan fingerprint density at radius 3 is 2.84 bits per heavy atom. The lowest BCUT2D eigenvalue weighted by Gasteiger charge is -2.10. The molecule has 100 valence electrons. The fourth-order valence-electron chi connectivity index (χ4n) is 1.37. The Morgan fingerprint density at radius 1 is 1.42 bits per heavy atom. The van der Waals surface area contributed by atoms with E-state index in [4.69, 9.17) is 0 Å². The Balaban J connectivity index is 1.98. The van der Waals surface area contributed by atoms with Crippen LogP contribution in [0.2, 0.25) is 0 Å². The van der Waals surface area contributed by atoms with Crippen molar-refractivity contribution in [1.82, 2.24) is 15.2 Å². The zero-order chi connectivity index (χ0) is 13.8. The largest absolute Gasteiger partial charge is 0.310 e. The van der Waals surface area contributed by atoms with Crippen LogP contribution in [0.25, 0.3) is 0 Å². The molecule has 0 bridgehead atoms. The van der Waals surface area contributed by atoms with E-state index in [0.717, 1.165) is 14.9 Å². The Labute approximate surface area is 119 Å². The molecule has 19 heavy (non-hydrogen) atoms. The molecule has 0 saturated heterocycles. The Kier molecular flexibility index (Phi) is 4.49. The molecule has 2 aromatic rings. The molecule has 2 heterocycles. The minimum Gasteiger partial charge on any atom is -0.310 e. The third kappa shape index (κ3) is 3.74. The van der Waals surface area contributed by atoms with E-state index in [9.17, 15) is 4.79 Å². The summed E-state index contributed by atoms with van der Waals surface area (Å²) in [6.07, 6.45) is 1.66. The Hall–Kier alpha value is -1.47. The fourth-order valence-corrected chi connectivity index (χ4v) is 3.33. The van der Waals surface area contributed by atoms with Crippen LogP contribution in [-0.2, 0) is 4.79 Å². The summed E-state index contributed by atoms with van der Waals surface area (Å²) in [5.74, 6) is 0.521. The first-order valence-corrected chi connectivity index (χ1v) is 7.45. The second kappa shape index (κ2) is 6.12. The third-order valence-corrected chi connectivity index (χ3v) is 4.43. The van der Waals surface area contributed by atoms with Gasteiger partial charge in [-0.25, -0.2) is 4.98 Å². The van der Waals surface area contributed by atoms with Crippen LogP contribution in [0.3, 0.4) is 0 Å². The molecule has 2 aromatic heterocycles. The van der Waals surface area contributed by atoms with Gasteiger partial charge in [0.2, 0.25) is 5.91 Å². The molecular weight excluding hydrogens is 280 g/mol. The molecule has 0 aromatic carbocycles. The standard InChI is InChI=1S/C12H14N4OS2/c1-7-5-4-6-13-10(7)14-11(17)8(2)18-12-16-15-9(3)19-12/h4-6,8H,1-3H3,(H,13,14,17). The maximum absolute atomic E-state index is 12.1. The molecule has 0 spiro atoms. The Morgan fingerprint density at radius 2 is 2.21 bits per heavy atom. The van der Waals surface area contributed by atoms with E-state index >= 15 is 0 Å². The number of hydrogen-bond donors (Lipinski definition) is 1. The molecule has 1 atom stereocenters. The van der Waals surface area contributed by atoms with Crippen LogP contribution in [0, 0.1) is 13.8 Å². The molecule has 1 unspecified atom stereocenters. The van der Waals surface area contributed by atoms with Gasteiger partial charge >= 0.3 is 0 Å². The number of aromatic nitrogens is 3. The van der Waals surface area contributed by atoms with Crippen LogP contribution < -0.4 is 5.32 Å². The molecule has 0 aliphatic rings. The maximum Gasteiger partial charge on any atom is 0.238 e. The van der Waals surface area contributed by atoms with Crippen molar-refractivity contribution in [3.63, 3.8) is 0 Å². The highest BCUT2D eigenvalue weighted by atomic mass is 32.2. The molecule has 1 amide bonds. The lowest BCUT2D eigenvalue weighted by Crippen LogP contribution is -2.23. The van der Waals surface area contributed by atoms with Gasteiger partial charge in [0.25, 0.3) is 0 Å². The van der Waals surface area contributed by atoms with Crippen molar-refractivity contribution in [3.05, 3.63) is 28.9 Å². The van der Waals surface area contributed by atoms with Crippen LogP contribution >= 0.6 is 23.1 Å². The van der Waals surface area contributed by atoms with E-state index in [1.807, 2.05) is 32.9 Å². The van der Waals surface area contributed by atoms with Gasteiger partial charge in [-0.1, -0.05) is 29.2 Å². The van der Waals surface area contributed by atoms with E-state index in [-0.39, 0.29) is 11.2 Å². The van der Waals surface area contributed by atoms with Crippen molar-refractivity contribution in [2.75, 3.05) is 5.32 Å². The van der Waals surface area contributed by atoms with Gasteiger partial charge < -0.3 is 5.32 Å². The molecule has 0 radical (unpaired) electrons. The number of rotatable bonds is 4. The average molecular weight is 294 g/mol. The first kappa shape index (κ1) is 14.0. The van der Waals surface area contributed by atoms with Gasteiger partial charge in [-0.3, -0.25) is 4.79 Å². The zero-order valence-corrected chi connectivity index (χ0v) is 12.5. The predicted molar refractivity (Wildman–Crippen MR) is 77.6 cm³/mol. The number of anilines is 1.